The summed E-state index contributed by atoms with van der Waals surface area (Å²) in [6.45, 7) is 2.06. The number of aryl methyl sites for hydroxylation is 1. The van der Waals surface area contributed by atoms with Crippen molar-refractivity contribution in [2.75, 3.05) is 14.1 Å². The molecule has 5 nitrogen and oxygen atoms in total. The van der Waals surface area contributed by atoms with Gasteiger partial charge in [-0.1, -0.05) is 19.1 Å². The molecule has 1 heterocycles. The number of hydrogen-bond donors (Lipinski definition) is 2. The highest BCUT2D eigenvalue weighted by atomic mass is 16.3. The Morgan fingerprint density at radius 1 is 1.22 bits per heavy atom. The third-order valence-electron chi connectivity index (χ3n) is 3.95. The van der Waals surface area contributed by atoms with E-state index in [-0.39, 0.29) is 11.7 Å². The van der Waals surface area contributed by atoms with Crippen LogP contribution >= 0.6 is 0 Å². The number of H-pyrrole nitrogens is 1. The quantitative estimate of drug-likeness (QED) is 0.780. The van der Waals surface area contributed by atoms with Crippen molar-refractivity contribution in [1.82, 2.24) is 15.1 Å². The van der Waals surface area contributed by atoms with Crippen molar-refractivity contribution < 1.29 is 9.90 Å². The first-order valence-electron chi connectivity index (χ1n) is 7.53. The standard InChI is InChI=1S/C18H19N3O2/c1-4-11-9-13(22)6-8-14(11)12-5-7-15-16(10-12)19-20-17(15)18(23)21(2)3/h5-10,22H,4H2,1-3H3,(H,19,20). The Labute approximate surface area is 134 Å². The normalized spacial score (nSPS) is 10.9. The van der Waals surface area contributed by atoms with Crippen molar-refractivity contribution in [2.45, 2.75) is 13.3 Å². The van der Waals surface area contributed by atoms with Crippen LogP contribution < -0.4 is 0 Å². The summed E-state index contributed by atoms with van der Waals surface area (Å²) >= 11 is 0. The predicted molar refractivity (Wildman–Crippen MR) is 90.6 cm³/mol. The van der Waals surface area contributed by atoms with Crippen LogP contribution in [0.1, 0.15) is 23.0 Å². The van der Waals surface area contributed by atoms with Crippen LogP contribution in [-0.4, -0.2) is 40.2 Å². The van der Waals surface area contributed by atoms with E-state index < -0.39 is 0 Å². The molecule has 0 bridgehead atoms. The first kappa shape index (κ1) is 15.1. The van der Waals surface area contributed by atoms with Crippen LogP contribution in [0, 0.1) is 0 Å². The Kier molecular flexibility index (Phi) is 3.78. The molecule has 0 radical (unpaired) electrons. The van der Waals surface area contributed by atoms with Gasteiger partial charge in [0.2, 0.25) is 0 Å². The second kappa shape index (κ2) is 5.76. The zero-order chi connectivity index (χ0) is 16.6. The lowest BCUT2D eigenvalue weighted by Gasteiger charge is -2.10. The van der Waals surface area contributed by atoms with Gasteiger partial charge in [-0.2, -0.15) is 5.10 Å². The van der Waals surface area contributed by atoms with Crippen LogP contribution in [0.5, 0.6) is 5.75 Å². The van der Waals surface area contributed by atoms with E-state index >= 15 is 0 Å². The molecule has 1 aromatic heterocycles. The predicted octanol–water partition coefficient (Wildman–Crippen LogP) is 3.20. The van der Waals surface area contributed by atoms with E-state index in [9.17, 15) is 9.90 Å². The molecule has 0 saturated heterocycles. The smallest absolute Gasteiger partial charge is 0.274 e. The van der Waals surface area contributed by atoms with Gasteiger partial charge in [-0.05, 0) is 47.4 Å². The van der Waals surface area contributed by atoms with Crippen LogP contribution in [0.3, 0.4) is 0 Å². The van der Waals surface area contributed by atoms with Gasteiger partial charge in [-0.15, -0.1) is 0 Å². The van der Waals surface area contributed by atoms with Gasteiger partial charge < -0.3 is 10.0 Å². The van der Waals surface area contributed by atoms with Crippen molar-refractivity contribution in [3.8, 4) is 16.9 Å². The number of hydrogen-bond acceptors (Lipinski definition) is 3. The number of nitrogens with zero attached hydrogens (tertiary/aromatic N) is 2. The molecule has 0 unspecified atom stereocenters. The summed E-state index contributed by atoms with van der Waals surface area (Å²) in [7, 11) is 3.42. The molecule has 1 amide bonds. The third kappa shape index (κ3) is 2.65. The summed E-state index contributed by atoms with van der Waals surface area (Å²) in [5, 5.41) is 17.5. The molecule has 3 rings (SSSR count). The number of aromatic nitrogens is 2. The van der Waals surface area contributed by atoms with Gasteiger partial charge in [0.05, 0.1) is 5.52 Å². The molecule has 0 atom stereocenters. The minimum absolute atomic E-state index is 0.122. The number of aromatic hydroxyl groups is 1. The molecular formula is C18H19N3O2. The van der Waals surface area contributed by atoms with Crippen molar-refractivity contribution in [1.29, 1.82) is 0 Å². The summed E-state index contributed by atoms with van der Waals surface area (Å²) in [5.41, 5.74) is 4.43. The Hall–Kier alpha value is -2.82. The minimum atomic E-state index is -0.122. The maximum Gasteiger partial charge on any atom is 0.274 e. The Morgan fingerprint density at radius 2 is 2.00 bits per heavy atom. The number of phenols is 1. The third-order valence-corrected chi connectivity index (χ3v) is 3.95. The molecule has 2 aromatic carbocycles. The molecule has 0 aliphatic rings. The summed E-state index contributed by atoms with van der Waals surface area (Å²) < 4.78 is 0. The fraction of sp³-hybridized carbons (Fsp3) is 0.222. The first-order chi connectivity index (χ1) is 11.0. The van der Waals surface area contributed by atoms with Gasteiger partial charge in [-0.25, -0.2) is 0 Å². The largest absolute Gasteiger partial charge is 0.508 e. The highest BCUT2D eigenvalue weighted by molar-refractivity contribution is 6.05. The molecule has 0 fully saturated rings. The minimum Gasteiger partial charge on any atom is -0.508 e. The number of amides is 1. The number of carbonyl (C=O) groups is 1. The molecule has 0 aliphatic heterocycles. The molecule has 3 aromatic rings. The average molecular weight is 309 g/mol. The van der Waals surface area contributed by atoms with Crippen LogP contribution in [0.4, 0.5) is 0 Å². The van der Waals surface area contributed by atoms with E-state index in [1.165, 1.54) is 4.90 Å². The maximum absolute atomic E-state index is 12.1. The Bertz CT molecular complexity index is 881. The average Bonchev–Trinajstić information content (AvgIpc) is 2.96. The number of fused-ring (bicyclic) bond motifs is 1. The summed E-state index contributed by atoms with van der Waals surface area (Å²) in [6.07, 6.45) is 0.828. The summed E-state index contributed by atoms with van der Waals surface area (Å²) in [4.78, 5) is 13.6. The lowest BCUT2D eigenvalue weighted by atomic mass is 9.97. The molecule has 0 spiro atoms. The van der Waals surface area contributed by atoms with Gasteiger partial charge in [0.25, 0.3) is 5.91 Å². The monoisotopic (exact) mass is 309 g/mol. The van der Waals surface area contributed by atoms with Gasteiger partial charge in [0, 0.05) is 19.5 Å². The van der Waals surface area contributed by atoms with Crippen molar-refractivity contribution in [3.63, 3.8) is 0 Å². The SMILES string of the molecule is CCc1cc(O)ccc1-c1ccc2c(C(=O)N(C)C)n[nH]c2c1. The maximum atomic E-state index is 12.1. The van der Waals surface area contributed by atoms with Gasteiger partial charge >= 0.3 is 0 Å². The number of nitrogens with one attached hydrogen (secondary N) is 1. The lowest BCUT2D eigenvalue weighted by molar-refractivity contribution is 0.0823. The lowest BCUT2D eigenvalue weighted by Crippen LogP contribution is -2.22. The number of phenolic OH excluding ortho intramolecular Hbond substituents is 1. The number of carbonyl (C=O) groups excluding carboxylic acids is 1. The van der Waals surface area contributed by atoms with Gasteiger partial charge in [0.15, 0.2) is 5.69 Å². The van der Waals surface area contributed by atoms with Gasteiger partial charge in [0.1, 0.15) is 5.75 Å². The summed E-state index contributed by atoms with van der Waals surface area (Å²) in [5.74, 6) is 0.148. The second-order valence-corrected chi connectivity index (χ2v) is 5.73. The van der Waals surface area contributed by atoms with E-state index in [1.807, 2.05) is 24.3 Å². The van der Waals surface area contributed by atoms with Crippen molar-refractivity contribution in [2.24, 2.45) is 0 Å². The van der Waals surface area contributed by atoms with Crippen molar-refractivity contribution in [3.05, 3.63) is 47.7 Å². The Morgan fingerprint density at radius 3 is 2.70 bits per heavy atom. The highest BCUT2D eigenvalue weighted by Crippen LogP contribution is 2.30. The second-order valence-electron chi connectivity index (χ2n) is 5.73. The highest BCUT2D eigenvalue weighted by Gasteiger charge is 2.16. The Balaban J connectivity index is 2.10. The van der Waals surface area contributed by atoms with E-state index in [4.69, 9.17) is 0 Å². The summed E-state index contributed by atoms with van der Waals surface area (Å²) in [6, 6.07) is 11.3. The topological polar surface area (TPSA) is 69.2 Å². The van der Waals surface area contributed by atoms with Crippen LogP contribution in [-0.2, 0) is 6.42 Å². The molecule has 23 heavy (non-hydrogen) atoms. The number of benzene rings is 2. The molecule has 118 valence electrons. The van der Waals surface area contributed by atoms with Crippen LogP contribution in [0.25, 0.3) is 22.0 Å². The van der Waals surface area contributed by atoms with Crippen molar-refractivity contribution >= 4 is 16.8 Å². The molecular weight excluding hydrogens is 290 g/mol. The molecule has 5 heteroatoms. The van der Waals surface area contributed by atoms with E-state index in [2.05, 4.69) is 17.1 Å². The fourth-order valence-electron chi connectivity index (χ4n) is 2.72. The zero-order valence-corrected chi connectivity index (χ0v) is 13.4. The van der Waals surface area contributed by atoms with E-state index in [0.717, 1.165) is 34.0 Å². The number of aromatic amines is 1. The number of rotatable bonds is 3. The fourth-order valence-corrected chi connectivity index (χ4v) is 2.72. The zero-order valence-electron chi connectivity index (χ0n) is 13.4. The van der Waals surface area contributed by atoms with E-state index in [0.29, 0.717) is 5.69 Å². The van der Waals surface area contributed by atoms with Crippen LogP contribution in [0.2, 0.25) is 0 Å². The first-order valence-corrected chi connectivity index (χ1v) is 7.53. The van der Waals surface area contributed by atoms with Crippen LogP contribution in [0.15, 0.2) is 36.4 Å². The molecule has 2 N–H and O–H groups in total. The molecule has 0 aliphatic carbocycles. The van der Waals surface area contributed by atoms with Gasteiger partial charge in [-0.3, -0.25) is 9.89 Å². The van der Waals surface area contributed by atoms with E-state index in [1.54, 1.807) is 26.2 Å². The molecule has 0 saturated carbocycles.